The number of hydrogen-bond acceptors (Lipinski definition) is 4. The molecule has 24 heavy (non-hydrogen) atoms. The largest absolute Gasteiger partial charge is 0.339 e. The number of amides is 2. The van der Waals surface area contributed by atoms with Crippen LogP contribution in [0, 0.1) is 5.92 Å². The highest BCUT2D eigenvalue weighted by molar-refractivity contribution is 7.99. The molecule has 0 N–H and O–H groups in total. The summed E-state index contributed by atoms with van der Waals surface area (Å²) < 4.78 is 0. The summed E-state index contributed by atoms with van der Waals surface area (Å²) in [5.41, 5.74) is 0.795. The van der Waals surface area contributed by atoms with Gasteiger partial charge in [-0.15, -0.1) is 0 Å². The van der Waals surface area contributed by atoms with Crippen LogP contribution in [0.3, 0.4) is 0 Å². The number of rotatable bonds is 7. The quantitative estimate of drug-likeness (QED) is 0.707. The van der Waals surface area contributed by atoms with Crippen LogP contribution in [0.5, 0.6) is 0 Å². The van der Waals surface area contributed by atoms with Crippen LogP contribution in [-0.4, -0.2) is 64.3 Å². The van der Waals surface area contributed by atoms with Gasteiger partial charge in [0.1, 0.15) is 0 Å². The van der Waals surface area contributed by atoms with E-state index in [0.717, 1.165) is 17.2 Å². The smallest absolute Gasteiger partial charge is 0.228 e. The molecule has 6 heteroatoms. The van der Waals surface area contributed by atoms with E-state index in [1.54, 1.807) is 6.20 Å². The van der Waals surface area contributed by atoms with Crippen molar-refractivity contribution in [2.24, 2.45) is 5.92 Å². The fraction of sp³-hybridized carbons (Fsp3) is 0.611. The van der Waals surface area contributed by atoms with Crippen LogP contribution in [0.2, 0.25) is 0 Å². The van der Waals surface area contributed by atoms with Crippen LogP contribution in [0.25, 0.3) is 0 Å². The summed E-state index contributed by atoms with van der Waals surface area (Å²) in [5.74, 6) is 2.95. The predicted octanol–water partition coefficient (Wildman–Crippen LogP) is 2.07. The van der Waals surface area contributed by atoms with Gasteiger partial charge in [-0.2, -0.15) is 11.8 Å². The van der Waals surface area contributed by atoms with Crippen LogP contribution < -0.4 is 0 Å². The summed E-state index contributed by atoms with van der Waals surface area (Å²) in [5, 5.41) is 0. The first kappa shape index (κ1) is 18.8. The third-order valence-corrected chi connectivity index (χ3v) is 5.35. The highest BCUT2D eigenvalue weighted by Crippen LogP contribution is 2.11. The molecule has 0 unspecified atom stereocenters. The average Bonchev–Trinajstić information content (AvgIpc) is 2.59. The topological polar surface area (TPSA) is 53.5 Å². The Balaban J connectivity index is 1.69. The van der Waals surface area contributed by atoms with Gasteiger partial charge in [0.25, 0.3) is 0 Å². The van der Waals surface area contributed by atoms with E-state index in [0.29, 0.717) is 44.9 Å². The molecule has 1 fully saturated rings. The number of carbonyl (C=O) groups excluding carboxylic acids is 2. The van der Waals surface area contributed by atoms with E-state index in [1.807, 2.05) is 39.8 Å². The van der Waals surface area contributed by atoms with Crippen LogP contribution >= 0.6 is 11.8 Å². The minimum absolute atomic E-state index is 0.0910. The summed E-state index contributed by atoms with van der Waals surface area (Å²) in [6.07, 6.45) is 2.64. The van der Waals surface area contributed by atoms with Crippen molar-refractivity contribution in [3.05, 3.63) is 30.1 Å². The number of aromatic nitrogens is 1. The SMILES string of the molecule is CC(C)CSCCC(=O)N1CCN(C(=O)Cc2ccccn2)CC1. The standard InChI is InChI=1S/C18H27N3O2S/c1-15(2)14-24-12-6-17(22)20-8-10-21(11-9-20)18(23)13-16-5-3-4-7-19-16/h3-5,7,15H,6,8-14H2,1-2H3. The first-order chi connectivity index (χ1) is 11.6. The molecule has 132 valence electrons. The fourth-order valence-corrected chi connectivity index (χ4v) is 3.57. The summed E-state index contributed by atoms with van der Waals surface area (Å²) in [7, 11) is 0. The molecule has 2 heterocycles. The highest BCUT2D eigenvalue weighted by atomic mass is 32.2. The lowest BCUT2D eigenvalue weighted by molar-refractivity contribution is -0.139. The first-order valence-corrected chi connectivity index (χ1v) is 9.75. The molecule has 1 aromatic heterocycles. The number of carbonyl (C=O) groups is 2. The second kappa shape index (κ2) is 9.67. The molecule has 2 rings (SSSR count). The molecule has 1 saturated heterocycles. The van der Waals surface area contributed by atoms with Gasteiger partial charge in [0, 0.05) is 50.2 Å². The number of hydrogen-bond donors (Lipinski definition) is 0. The normalized spacial score (nSPS) is 15.0. The Morgan fingerprint density at radius 3 is 2.38 bits per heavy atom. The Hall–Kier alpha value is -1.56. The molecule has 0 atom stereocenters. The number of nitrogens with zero attached hydrogens (tertiary/aromatic N) is 3. The van der Waals surface area contributed by atoms with Crippen molar-refractivity contribution in [2.45, 2.75) is 26.7 Å². The molecular weight excluding hydrogens is 322 g/mol. The van der Waals surface area contributed by atoms with E-state index in [9.17, 15) is 9.59 Å². The molecule has 0 aromatic carbocycles. The van der Waals surface area contributed by atoms with Crippen molar-refractivity contribution in [3.8, 4) is 0 Å². The molecule has 5 nitrogen and oxygen atoms in total. The van der Waals surface area contributed by atoms with Crippen molar-refractivity contribution >= 4 is 23.6 Å². The lowest BCUT2D eigenvalue weighted by atomic mass is 10.2. The molecule has 1 aliphatic heterocycles. The van der Waals surface area contributed by atoms with Crippen LogP contribution in [-0.2, 0) is 16.0 Å². The minimum atomic E-state index is 0.0910. The van der Waals surface area contributed by atoms with Gasteiger partial charge in [-0.1, -0.05) is 19.9 Å². The molecule has 1 aromatic rings. The van der Waals surface area contributed by atoms with E-state index in [1.165, 1.54) is 0 Å². The molecule has 0 aliphatic carbocycles. The zero-order valence-electron chi connectivity index (χ0n) is 14.6. The van der Waals surface area contributed by atoms with Crippen molar-refractivity contribution in [2.75, 3.05) is 37.7 Å². The molecule has 2 amide bonds. The molecule has 0 saturated carbocycles. The van der Waals surface area contributed by atoms with Crippen molar-refractivity contribution < 1.29 is 9.59 Å². The Labute approximate surface area is 148 Å². The van der Waals surface area contributed by atoms with Gasteiger partial charge >= 0.3 is 0 Å². The molecule has 0 bridgehead atoms. The van der Waals surface area contributed by atoms with E-state index < -0.39 is 0 Å². The van der Waals surface area contributed by atoms with Gasteiger partial charge < -0.3 is 9.80 Å². The van der Waals surface area contributed by atoms with Gasteiger partial charge in [0.05, 0.1) is 6.42 Å². The van der Waals surface area contributed by atoms with E-state index >= 15 is 0 Å². The Kier molecular flexibility index (Phi) is 7.56. The van der Waals surface area contributed by atoms with Crippen molar-refractivity contribution in [3.63, 3.8) is 0 Å². The predicted molar refractivity (Wildman–Crippen MR) is 97.9 cm³/mol. The summed E-state index contributed by atoms with van der Waals surface area (Å²) in [4.78, 5) is 32.4. The van der Waals surface area contributed by atoms with E-state index in [2.05, 4.69) is 18.8 Å². The van der Waals surface area contributed by atoms with Gasteiger partial charge in [-0.25, -0.2) is 0 Å². The van der Waals surface area contributed by atoms with E-state index in [4.69, 9.17) is 0 Å². The Morgan fingerprint density at radius 2 is 1.79 bits per heavy atom. The average molecular weight is 350 g/mol. The van der Waals surface area contributed by atoms with Crippen LogP contribution in [0.1, 0.15) is 26.0 Å². The third-order valence-electron chi connectivity index (χ3n) is 3.96. The summed E-state index contributed by atoms with van der Waals surface area (Å²) in [6.45, 7) is 6.91. The minimum Gasteiger partial charge on any atom is -0.339 e. The second-order valence-corrected chi connectivity index (χ2v) is 7.63. The molecule has 1 aliphatic rings. The van der Waals surface area contributed by atoms with Crippen molar-refractivity contribution in [1.82, 2.24) is 14.8 Å². The Bertz CT molecular complexity index is 528. The Morgan fingerprint density at radius 1 is 1.12 bits per heavy atom. The van der Waals surface area contributed by atoms with Gasteiger partial charge in [0.15, 0.2) is 0 Å². The first-order valence-electron chi connectivity index (χ1n) is 8.59. The fourth-order valence-electron chi connectivity index (χ4n) is 2.61. The van der Waals surface area contributed by atoms with Crippen LogP contribution in [0.4, 0.5) is 0 Å². The van der Waals surface area contributed by atoms with Gasteiger partial charge in [-0.05, 0) is 23.8 Å². The summed E-state index contributed by atoms with van der Waals surface area (Å²) >= 11 is 1.84. The summed E-state index contributed by atoms with van der Waals surface area (Å²) in [6, 6.07) is 5.60. The molecule has 0 radical (unpaired) electrons. The maximum absolute atomic E-state index is 12.3. The highest BCUT2D eigenvalue weighted by Gasteiger charge is 2.24. The number of pyridine rings is 1. The lowest BCUT2D eigenvalue weighted by Crippen LogP contribution is -2.51. The zero-order valence-corrected chi connectivity index (χ0v) is 15.4. The monoisotopic (exact) mass is 349 g/mol. The van der Waals surface area contributed by atoms with Gasteiger partial charge in [-0.3, -0.25) is 14.6 Å². The zero-order chi connectivity index (χ0) is 17.4. The third kappa shape index (κ3) is 6.15. The van der Waals surface area contributed by atoms with E-state index in [-0.39, 0.29) is 11.8 Å². The van der Waals surface area contributed by atoms with Gasteiger partial charge in [0.2, 0.25) is 11.8 Å². The van der Waals surface area contributed by atoms with Crippen molar-refractivity contribution in [1.29, 1.82) is 0 Å². The number of thioether (sulfide) groups is 1. The number of piperazine rings is 1. The maximum atomic E-state index is 12.3. The lowest BCUT2D eigenvalue weighted by Gasteiger charge is -2.35. The maximum Gasteiger partial charge on any atom is 0.228 e. The van der Waals surface area contributed by atoms with Crippen LogP contribution in [0.15, 0.2) is 24.4 Å². The molecule has 0 spiro atoms. The molecular formula is C18H27N3O2S. The second-order valence-electron chi connectivity index (χ2n) is 6.48.